The van der Waals surface area contributed by atoms with Gasteiger partial charge in [0, 0.05) is 28.9 Å². The highest BCUT2D eigenvalue weighted by Gasteiger charge is 2.34. The molecular formula is C16H23NO. The average molecular weight is 245 g/mol. The lowest BCUT2D eigenvalue weighted by molar-refractivity contribution is 0.0970. The number of aromatic nitrogens is 1. The van der Waals surface area contributed by atoms with Crippen molar-refractivity contribution in [1.29, 1.82) is 0 Å². The van der Waals surface area contributed by atoms with E-state index in [0.717, 1.165) is 24.8 Å². The molecule has 2 heteroatoms. The fraction of sp³-hybridized carbons (Fsp3) is 0.688. The lowest BCUT2D eigenvalue weighted by Gasteiger charge is -2.38. The van der Waals surface area contributed by atoms with Gasteiger partial charge in [-0.1, -0.05) is 19.3 Å². The van der Waals surface area contributed by atoms with Gasteiger partial charge in [-0.25, -0.2) is 0 Å². The van der Waals surface area contributed by atoms with Crippen molar-refractivity contribution in [3.63, 3.8) is 0 Å². The van der Waals surface area contributed by atoms with Crippen LogP contribution in [0.2, 0.25) is 0 Å². The molecule has 1 saturated carbocycles. The highest BCUT2D eigenvalue weighted by Crippen LogP contribution is 2.39. The molecule has 0 aromatic carbocycles. The number of ketones is 1. The van der Waals surface area contributed by atoms with Crippen molar-refractivity contribution < 1.29 is 4.79 Å². The normalized spacial score (nSPS) is 22.9. The van der Waals surface area contributed by atoms with Crippen molar-refractivity contribution in [2.24, 2.45) is 0 Å². The molecule has 2 aliphatic rings. The summed E-state index contributed by atoms with van der Waals surface area (Å²) >= 11 is 0. The first kappa shape index (κ1) is 12.0. The SMILES string of the molecule is Cc1cc2c(n1C1(C)CCCCC1)CCCC2=O. The maximum Gasteiger partial charge on any atom is 0.164 e. The van der Waals surface area contributed by atoms with E-state index in [-0.39, 0.29) is 5.54 Å². The van der Waals surface area contributed by atoms with E-state index < -0.39 is 0 Å². The molecule has 0 spiro atoms. The molecule has 0 N–H and O–H groups in total. The minimum Gasteiger partial charge on any atom is -0.342 e. The van der Waals surface area contributed by atoms with E-state index >= 15 is 0 Å². The Morgan fingerprint density at radius 1 is 1.11 bits per heavy atom. The summed E-state index contributed by atoms with van der Waals surface area (Å²) in [7, 11) is 0. The van der Waals surface area contributed by atoms with Crippen molar-refractivity contribution in [2.45, 2.75) is 70.8 Å². The van der Waals surface area contributed by atoms with Crippen LogP contribution >= 0.6 is 0 Å². The molecule has 0 amide bonds. The van der Waals surface area contributed by atoms with Crippen molar-refractivity contribution in [3.8, 4) is 0 Å². The van der Waals surface area contributed by atoms with Gasteiger partial charge in [0.2, 0.25) is 0 Å². The highest BCUT2D eigenvalue weighted by molar-refractivity contribution is 5.98. The summed E-state index contributed by atoms with van der Waals surface area (Å²) in [6.07, 6.45) is 9.43. The van der Waals surface area contributed by atoms with Crippen LogP contribution in [0.3, 0.4) is 0 Å². The number of hydrogen-bond donors (Lipinski definition) is 0. The van der Waals surface area contributed by atoms with E-state index in [1.807, 2.05) is 0 Å². The Morgan fingerprint density at radius 3 is 2.56 bits per heavy atom. The molecule has 1 fully saturated rings. The van der Waals surface area contributed by atoms with Crippen molar-refractivity contribution in [3.05, 3.63) is 23.0 Å². The van der Waals surface area contributed by atoms with Gasteiger partial charge in [-0.05, 0) is 45.6 Å². The summed E-state index contributed by atoms with van der Waals surface area (Å²) < 4.78 is 2.51. The van der Waals surface area contributed by atoms with Crippen LogP contribution in [0.1, 0.15) is 73.6 Å². The average Bonchev–Trinajstić information content (AvgIpc) is 2.68. The number of fused-ring (bicyclic) bond motifs is 1. The Kier molecular flexibility index (Phi) is 2.84. The van der Waals surface area contributed by atoms with Crippen molar-refractivity contribution in [2.75, 3.05) is 0 Å². The molecule has 1 heterocycles. The van der Waals surface area contributed by atoms with Gasteiger partial charge in [0.1, 0.15) is 0 Å². The monoisotopic (exact) mass is 245 g/mol. The summed E-state index contributed by atoms with van der Waals surface area (Å²) in [5, 5.41) is 0. The third kappa shape index (κ3) is 1.73. The zero-order valence-corrected chi connectivity index (χ0v) is 11.6. The van der Waals surface area contributed by atoms with E-state index in [2.05, 4.69) is 24.5 Å². The van der Waals surface area contributed by atoms with Crippen LogP contribution in [-0.4, -0.2) is 10.4 Å². The van der Waals surface area contributed by atoms with Gasteiger partial charge in [0.25, 0.3) is 0 Å². The zero-order chi connectivity index (χ0) is 12.8. The van der Waals surface area contributed by atoms with Crippen LogP contribution in [0.4, 0.5) is 0 Å². The van der Waals surface area contributed by atoms with E-state index in [9.17, 15) is 4.79 Å². The van der Waals surface area contributed by atoms with Crippen molar-refractivity contribution in [1.82, 2.24) is 4.57 Å². The molecule has 1 aromatic heterocycles. The van der Waals surface area contributed by atoms with Gasteiger partial charge >= 0.3 is 0 Å². The molecular weight excluding hydrogens is 222 g/mol. The number of carbonyl (C=O) groups excluding carboxylic acids is 1. The molecule has 3 rings (SSSR count). The summed E-state index contributed by atoms with van der Waals surface area (Å²) in [6.45, 7) is 4.56. The molecule has 0 atom stereocenters. The molecule has 0 radical (unpaired) electrons. The van der Waals surface area contributed by atoms with Crippen LogP contribution in [0.25, 0.3) is 0 Å². The molecule has 0 bridgehead atoms. The lowest BCUT2D eigenvalue weighted by Crippen LogP contribution is -2.35. The summed E-state index contributed by atoms with van der Waals surface area (Å²) in [5.74, 6) is 0.359. The Labute approximate surface area is 109 Å². The fourth-order valence-corrected chi connectivity index (χ4v) is 4.02. The smallest absolute Gasteiger partial charge is 0.164 e. The zero-order valence-electron chi connectivity index (χ0n) is 11.6. The van der Waals surface area contributed by atoms with Crippen LogP contribution in [0, 0.1) is 6.92 Å². The van der Waals surface area contributed by atoms with Gasteiger partial charge in [0.05, 0.1) is 0 Å². The molecule has 0 saturated heterocycles. The second kappa shape index (κ2) is 4.25. The number of rotatable bonds is 1. The van der Waals surface area contributed by atoms with Gasteiger partial charge in [-0.15, -0.1) is 0 Å². The Hall–Kier alpha value is -1.05. The number of nitrogens with zero attached hydrogens (tertiary/aromatic N) is 1. The largest absolute Gasteiger partial charge is 0.342 e. The molecule has 18 heavy (non-hydrogen) atoms. The van der Waals surface area contributed by atoms with E-state index in [0.29, 0.717) is 5.78 Å². The first-order chi connectivity index (χ1) is 8.62. The van der Waals surface area contributed by atoms with Gasteiger partial charge in [0.15, 0.2) is 5.78 Å². The maximum atomic E-state index is 12.0. The summed E-state index contributed by atoms with van der Waals surface area (Å²) in [4.78, 5) is 12.0. The third-order valence-corrected chi connectivity index (χ3v) is 4.88. The maximum absolute atomic E-state index is 12.0. The topological polar surface area (TPSA) is 22.0 Å². The first-order valence-electron chi connectivity index (χ1n) is 7.37. The van der Waals surface area contributed by atoms with Crippen LogP contribution in [-0.2, 0) is 12.0 Å². The van der Waals surface area contributed by atoms with E-state index in [1.165, 1.54) is 43.5 Å². The van der Waals surface area contributed by atoms with Crippen LogP contribution < -0.4 is 0 Å². The van der Waals surface area contributed by atoms with Gasteiger partial charge in [-0.2, -0.15) is 0 Å². The summed E-state index contributed by atoms with van der Waals surface area (Å²) in [5.41, 5.74) is 3.89. The third-order valence-electron chi connectivity index (χ3n) is 4.88. The second-order valence-corrected chi connectivity index (χ2v) is 6.32. The first-order valence-corrected chi connectivity index (χ1v) is 7.37. The lowest BCUT2D eigenvalue weighted by atomic mass is 9.82. The number of Topliss-reactive ketones (excluding diaryl/α,β-unsaturated/α-hetero) is 1. The minimum atomic E-state index is 0.257. The number of aryl methyl sites for hydroxylation is 1. The van der Waals surface area contributed by atoms with Crippen LogP contribution in [0.15, 0.2) is 6.07 Å². The van der Waals surface area contributed by atoms with Crippen molar-refractivity contribution >= 4 is 5.78 Å². The fourth-order valence-electron chi connectivity index (χ4n) is 4.02. The van der Waals surface area contributed by atoms with E-state index in [4.69, 9.17) is 0 Å². The number of carbonyl (C=O) groups is 1. The highest BCUT2D eigenvalue weighted by atomic mass is 16.1. The molecule has 2 aliphatic carbocycles. The Balaban J connectivity index is 2.09. The standard InChI is InChI=1S/C16H23NO/c1-12-11-13-14(7-6-8-15(13)18)17(12)16(2)9-4-3-5-10-16/h11H,3-10H2,1-2H3. The second-order valence-electron chi connectivity index (χ2n) is 6.32. The molecule has 0 aliphatic heterocycles. The van der Waals surface area contributed by atoms with Gasteiger partial charge in [-0.3, -0.25) is 4.79 Å². The molecule has 2 nitrogen and oxygen atoms in total. The quantitative estimate of drug-likeness (QED) is 0.733. The minimum absolute atomic E-state index is 0.257. The Morgan fingerprint density at radius 2 is 1.83 bits per heavy atom. The summed E-state index contributed by atoms with van der Waals surface area (Å²) in [6, 6.07) is 2.14. The van der Waals surface area contributed by atoms with Gasteiger partial charge < -0.3 is 4.57 Å². The predicted molar refractivity (Wildman–Crippen MR) is 73.2 cm³/mol. The Bertz CT molecular complexity index is 478. The molecule has 98 valence electrons. The molecule has 0 unspecified atom stereocenters. The van der Waals surface area contributed by atoms with Crippen LogP contribution in [0.5, 0.6) is 0 Å². The number of hydrogen-bond acceptors (Lipinski definition) is 1. The molecule has 1 aromatic rings. The van der Waals surface area contributed by atoms with E-state index in [1.54, 1.807) is 0 Å². The predicted octanol–water partition coefficient (Wildman–Crippen LogP) is 3.99.